The van der Waals surface area contributed by atoms with Crippen molar-refractivity contribution in [2.45, 2.75) is 45.4 Å². The number of likely N-dealkylation sites (tertiary alicyclic amines) is 1. The van der Waals surface area contributed by atoms with E-state index in [0.29, 0.717) is 0 Å². The monoisotopic (exact) mass is 210 g/mol. The Bertz CT molecular complexity index is 151. The first kappa shape index (κ1) is 12.7. The Labute approximate surface area is 94.6 Å². The molecule has 1 aliphatic carbocycles. The van der Waals surface area contributed by atoms with Crippen molar-refractivity contribution in [3.8, 4) is 0 Å². The van der Waals surface area contributed by atoms with E-state index in [1.165, 1.54) is 51.6 Å². The van der Waals surface area contributed by atoms with Crippen LogP contribution in [0.15, 0.2) is 0 Å². The maximum absolute atomic E-state index is 5.50. The molecule has 88 valence electrons. The molecule has 1 spiro atoms. The minimum atomic E-state index is 0.777. The van der Waals surface area contributed by atoms with Gasteiger partial charge in [-0.2, -0.15) is 0 Å². The molecule has 1 saturated heterocycles. The van der Waals surface area contributed by atoms with Gasteiger partial charge in [0.25, 0.3) is 0 Å². The zero-order valence-electron chi connectivity index (χ0n) is 10.4. The lowest BCUT2D eigenvalue weighted by molar-refractivity contribution is 0.0658. The van der Waals surface area contributed by atoms with Gasteiger partial charge in [-0.15, -0.1) is 0 Å². The number of piperidine rings is 1. The normalized spacial score (nSPS) is 27.1. The molecule has 1 heterocycles. The number of nitrogens with one attached hydrogen (secondary N) is 1. The van der Waals surface area contributed by atoms with Crippen molar-refractivity contribution in [2.75, 3.05) is 20.1 Å². The first-order chi connectivity index (χ1) is 7.20. The van der Waals surface area contributed by atoms with Gasteiger partial charge in [0.15, 0.2) is 0 Å². The van der Waals surface area contributed by atoms with Crippen LogP contribution in [0.1, 0.15) is 45.4 Å². The highest BCUT2D eigenvalue weighted by atomic mass is 15.1. The Morgan fingerprint density at radius 3 is 2.00 bits per heavy atom. The molecule has 2 nitrogen and oxygen atoms in total. The minimum Gasteiger partial charge on any atom is -0.317 e. The first-order valence-electron chi connectivity index (χ1n) is 6.24. The molecule has 0 amide bonds. The van der Waals surface area contributed by atoms with Gasteiger partial charge in [0.1, 0.15) is 0 Å². The topological polar surface area (TPSA) is 27.1 Å². The molecule has 2 fully saturated rings. The second-order valence-electron chi connectivity index (χ2n) is 5.49. The third-order valence-corrected chi connectivity index (χ3v) is 4.38. The van der Waals surface area contributed by atoms with Crippen LogP contribution in [0.2, 0.25) is 0 Å². The van der Waals surface area contributed by atoms with Gasteiger partial charge in [0, 0.05) is 0 Å². The van der Waals surface area contributed by atoms with E-state index in [1.807, 2.05) is 0 Å². The van der Waals surface area contributed by atoms with Gasteiger partial charge >= 0.3 is 0 Å². The Balaban J connectivity index is 0.000000531. The maximum atomic E-state index is 5.50. The van der Waals surface area contributed by atoms with Crippen molar-refractivity contribution >= 4 is 6.72 Å². The Morgan fingerprint density at radius 1 is 1.07 bits per heavy atom. The number of hydrogen-bond acceptors (Lipinski definition) is 2. The molecule has 1 saturated carbocycles. The summed E-state index contributed by atoms with van der Waals surface area (Å²) < 4.78 is 0. The molecular formula is C13H26N2. The lowest BCUT2D eigenvalue weighted by Gasteiger charge is -2.44. The molecule has 0 aromatic carbocycles. The van der Waals surface area contributed by atoms with E-state index in [1.54, 1.807) is 0 Å². The van der Waals surface area contributed by atoms with Crippen LogP contribution < -0.4 is 0 Å². The Hall–Kier alpha value is -0.370. The minimum absolute atomic E-state index is 0.777. The third-order valence-electron chi connectivity index (χ3n) is 4.38. The van der Waals surface area contributed by atoms with E-state index in [9.17, 15) is 0 Å². The quantitative estimate of drug-likeness (QED) is 0.611. The van der Waals surface area contributed by atoms with Crippen LogP contribution in [0.3, 0.4) is 0 Å². The van der Waals surface area contributed by atoms with Crippen molar-refractivity contribution in [2.24, 2.45) is 11.3 Å². The van der Waals surface area contributed by atoms with Gasteiger partial charge < -0.3 is 10.3 Å². The van der Waals surface area contributed by atoms with Crippen molar-refractivity contribution in [1.82, 2.24) is 4.90 Å². The Kier molecular flexibility index (Phi) is 4.78. The van der Waals surface area contributed by atoms with E-state index >= 15 is 0 Å². The highest BCUT2D eigenvalue weighted by molar-refractivity contribution is 5.15. The molecule has 1 N–H and O–H groups in total. The lowest BCUT2D eigenvalue weighted by atomic mass is 9.66. The highest BCUT2D eigenvalue weighted by Gasteiger charge is 2.36. The summed E-state index contributed by atoms with van der Waals surface area (Å²) in [5, 5.41) is 5.50. The molecule has 2 heteroatoms. The largest absolute Gasteiger partial charge is 0.317 e. The summed E-state index contributed by atoms with van der Waals surface area (Å²) in [5.41, 5.74) is 0.777. The lowest BCUT2D eigenvalue weighted by Crippen LogP contribution is -2.39. The summed E-state index contributed by atoms with van der Waals surface area (Å²) in [7, 11) is 2.26. The summed E-state index contributed by atoms with van der Waals surface area (Å²) in [6.07, 6.45) is 8.95. The zero-order chi connectivity index (χ0) is 11.3. The summed E-state index contributed by atoms with van der Waals surface area (Å²) in [6, 6.07) is 0. The molecule has 0 unspecified atom stereocenters. The van der Waals surface area contributed by atoms with Crippen LogP contribution >= 0.6 is 0 Å². The van der Waals surface area contributed by atoms with Crippen molar-refractivity contribution in [3.05, 3.63) is 0 Å². The molecule has 0 atom stereocenters. The van der Waals surface area contributed by atoms with E-state index in [-0.39, 0.29) is 0 Å². The fourth-order valence-electron chi connectivity index (χ4n) is 2.97. The average Bonchev–Trinajstić information content (AvgIpc) is 2.30. The molecule has 0 aromatic rings. The summed E-state index contributed by atoms with van der Waals surface area (Å²) in [4.78, 5) is 2.49. The van der Waals surface area contributed by atoms with Gasteiger partial charge in [-0.25, -0.2) is 0 Å². The standard InChI is InChI=1S/C12H23N.CH3N/c1-11-3-5-12(6-4-11)7-9-13(2)10-8-12;1-2/h11H,3-10H2,1-2H3;2H,1H2. The van der Waals surface area contributed by atoms with Gasteiger partial charge in [0.2, 0.25) is 0 Å². The molecule has 1 aliphatic heterocycles. The van der Waals surface area contributed by atoms with Crippen molar-refractivity contribution in [3.63, 3.8) is 0 Å². The zero-order valence-corrected chi connectivity index (χ0v) is 10.4. The maximum Gasteiger partial charge on any atom is -0.00165 e. The van der Waals surface area contributed by atoms with Gasteiger partial charge in [-0.3, -0.25) is 0 Å². The highest BCUT2D eigenvalue weighted by Crippen LogP contribution is 2.45. The average molecular weight is 210 g/mol. The predicted octanol–water partition coefficient (Wildman–Crippen LogP) is 3.17. The van der Waals surface area contributed by atoms with E-state index in [2.05, 4.69) is 25.6 Å². The number of hydrogen-bond donors (Lipinski definition) is 1. The van der Waals surface area contributed by atoms with Crippen LogP contribution in [-0.2, 0) is 0 Å². The van der Waals surface area contributed by atoms with Crippen LogP contribution in [0, 0.1) is 16.7 Å². The predicted molar refractivity (Wildman–Crippen MR) is 66.6 cm³/mol. The summed E-state index contributed by atoms with van der Waals surface area (Å²) >= 11 is 0. The second kappa shape index (κ2) is 5.64. The molecule has 0 aromatic heterocycles. The van der Waals surface area contributed by atoms with Crippen LogP contribution in [0.5, 0.6) is 0 Å². The fourth-order valence-corrected chi connectivity index (χ4v) is 2.97. The van der Waals surface area contributed by atoms with E-state index in [0.717, 1.165) is 11.3 Å². The van der Waals surface area contributed by atoms with Gasteiger partial charge in [0.05, 0.1) is 0 Å². The molecule has 15 heavy (non-hydrogen) atoms. The molecular weight excluding hydrogens is 184 g/mol. The van der Waals surface area contributed by atoms with Crippen LogP contribution in [0.25, 0.3) is 0 Å². The van der Waals surface area contributed by atoms with Gasteiger partial charge in [-0.05, 0) is 63.9 Å². The molecule has 2 rings (SSSR count). The Morgan fingerprint density at radius 2 is 1.53 bits per heavy atom. The molecule has 2 aliphatic rings. The fraction of sp³-hybridized carbons (Fsp3) is 0.923. The van der Waals surface area contributed by atoms with Crippen molar-refractivity contribution in [1.29, 1.82) is 5.41 Å². The smallest absolute Gasteiger partial charge is 0.00165 e. The van der Waals surface area contributed by atoms with E-state index < -0.39 is 0 Å². The van der Waals surface area contributed by atoms with Crippen LogP contribution in [0.4, 0.5) is 0 Å². The molecule has 0 radical (unpaired) electrons. The first-order valence-corrected chi connectivity index (χ1v) is 6.24. The summed E-state index contributed by atoms with van der Waals surface area (Å²) in [5.74, 6) is 1.00. The van der Waals surface area contributed by atoms with Crippen LogP contribution in [-0.4, -0.2) is 31.8 Å². The van der Waals surface area contributed by atoms with Gasteiger partial charge in [-0.1, -0.05) is 19.8 Å². The second-order valence-corrected chi connectivity index (χ2v) is 5.49. The third kappa shape index (κ3) is 3.30. The van der Waals surface area contributed by atoms with E-state index in [4.69, 9.17) is 5.41 Å². The molecule has 0 bridgehead atoms. The number of nitrogens with zero attached hydrogens (tertiary/aromatic N) is 1. The SMILES string of the molecule is C=N.CC1CCC2(CC1)CCN(C)CC2. The summed E-state index contributed by atoms with van der Waals surface area (Å²) in [6.45, 7) is 7.60. The number of rotatable bonds is 0. The van der Waals surface area contributed by atoms with Crippen molar-refractivity contribution < 1.29 is 0 Å².